The van der Waals surface area contributed by atoms with Crippen LogP contribution in [0.1, 0.15) is 156 Å². The van der Waals surface area contributed by atoms with Crippen molar-refractivity contribution in [3.63, 3.8) is 0 Å². The lowest BCUT2D eigenvalue weighted by Gasteiger charge is -2.45. The zero-order valence-electron chi connectivity index (χ0n) is 84.4. The minimum absolute atomic E-state index is 0.174. The molecule has 2 aliphatic heterocycles. The molecule has 0 saturated heterocycles. The molecule has 0 aliphatic carbocycles. The molecule has 5 heteroatoms. The Morgan fingerprint density at radius 1 is 0.390 bits per heavy atom. The van der Waals surface area contributed by atoms with Crippen molar-refractivity contribution in [1.82, 2.24) is 0 Å². The lowest BCUT2D eigenvalue weighted by atomic mass is 9.36. The van der Waals surface area contributed by atoms with Crippen molar-refractivity contribution in [3.05, 3.63) is 263 Å². The second-order valence-corrected chi connectivity index (χ2v) is 24.3. The van der Waals surface area contributed by atoms with Crippen molar-refractivity contribution in [2.24, 2.45) is 0 Å². The van der Waals surface area contributed by atoms with E-state index in [9.17, 15) is 42.5 Å². The highest BCUT2D eigenvalue weighted by Gasteiger charge is 2.47. The Hall–Kier alpha value is -8.38. The summed E-state index contributed by atoms with van der Waals surface area (Å²) in [5, 5.41) is -0.408. The Morgan fingerprint density at radius 2 is 0.841 bits per heavy atom. The summed E-state index contributed by atoms with van der Waals surface area (Å²) >= 11 is 0.599. The van der Waals surface area contributed by atoms with Gasteiger partial charge in [0.1, 0.15) is 0 Å². The van der Waals surface area contributed by atoms with Crippen LogP contribution >= 0.6 is 11.3 Å². The lowest BCUT2D eigenvalue weighted by Crippen LogP contribution is -2.60. The van der Waals surface area contributed by atoms with Gasteiger partial charge in [0.2, 0.25) is 0 Å². The van der Waals surface area contributed by atoms with Gasteiger partial charge in [-0.3, -0.25) is 0 Å². The van der Waals surface area contributed by atoms with Gasteiger partial charge < -0.3 is 14.7 Å². The van der Waals surface area contributed by atoms with Crippen LogP contribution in [0.4, 0.5) is 51.2 Å². The van der Waals surface area contributed by atoms with Gasteiger partial charge in [-0.05, 0) is 145 Å². The van der Waals surface area contributed by atoms with E-state index in [0.717, 1.165) is 15.9 Å². The molecule has 1 aromatic heterocycles. The third-order valence-electron chi connectivity index (χ3n) is 14.3. The fraction of sp³-hybridized carbons (Fsp3) is 0.195. The van der Waals surface area contributed by atoms with Crippen molar-refractivity contribution in [1.29, 1.82) is 0 Å². The average molecular weight is 1120 g/mol. The van der Waals surface area contributed by atoms with E-state index in [0.29, 0.717) is 16.2 Å². The zero-order valence-corrected chi connectivity index (χ0v) is 47.2. The van der Waals surface area contributed by atoms with Gasteiger partial charge in [0, 0.05) is 59.8 Å². The molecule has 0 spiro atoms. The van der Waals surface area contributed by atoms with Crippen LogP contribution in [-0.2, 0) is 21.7 Å². The molecule has 0 atom stereocenters. The topological polar surface area (TPSA) is 9.72 Å². The molecular formula is C77H72BN3S. The molecule has 0 N–H and O–H groups in total. The Bertz CT molecular complexity index is 6320. The Labute approximate surface area is 544 Å². The molecule has 404 valence electrons. The molecule has 13 rings (SSSR count). The summed E-state index contributed by atoms with van der Waals surface area (Å²) < 4.78 is 373. The molecule has 0 radical (unpaired) electrons. The number of hydrogen-bond acceptors (Lipinski definition) is 4. The van der Waals surface area contributed by atoms with E-state index in [1.807, 2.05) is 0 Å². The molecule has 0 bridgehead atoms. The van der Waals surface area contributed by atoms with Crippen molar-refractivity contribution in [3.8, 4) is 22.3 Å². The van der Waals surface area contributed by atoms with Gasteiger partial charge in [-0.15, -0.1) is 11.3 Å². The highest BCUT2D eigenvalue weighted by atomic mass is 32.1. The van der Waals surface area contributed by atoms with Crippen molar-refractivity contribution < 1.29 is 52.1 Å². The van der Waals surface area contributed by atoms with Crippen LogP contribution in [0, 0.1) is 0 Å². The number of benzene rings is 10. The fourth-order valence-corrected chi connectivity index (χ4v) is 11.2. The van der Waals surface area contributed by atoms with Gasteiger partial charge in [-0.25, -0.2) is 0 Å². The molecule has 82 heavy (non-hydrogen) atoms. The third kappa shape index (κ3) is 9.15. The maximum Gasteiger partial charge on any atom is 0.264 e. The van der Waals surface area contributed by atoms with E-state index in [2.05, 4.69) is 0 Å². The summed E-state index contributed by atoms with van der Waals surface area (Å²) in [6.07, 6.45) is 0. The first kappa shape index (κ1) is 25.4. The lowest BCUT2D eigenvalue weighted by molar-refractivity contribution is 0.590. The van der Waals surface area contributed by atoms with Gasteiger partial charge in [-0.1, -0.05) is 233 Å². The first-order valence-corrected chi connectivity index (χ1v) is 26.9. The van der Waals surface area contributed by atoms with Crippen LogP contribution in [0.25, 0.3) is 32.3 Å². The van der Waals surface area contributed by atoms with Crippen LogP contribution in [0.15, 0.2) is 236 Å². The number of para-hydroxylation sites is 2. The van der Waals surface area contributed by atoms with E-state index in [1.165, 1.54) is 55.4 Å². The maximum atomic E-state index is 11.6. The monoisotopic (exact) mass is 1120 g/mol. The molecule has 11 aromatic rings. The second kappa shape index (κ2) is 20.0. The number of anilines is 9. The van der Waals surface area contributed by atoms with Crippen LogP contribution in [0.3, 0.4) is 0 Å². The summed E-state index contributed by atoms with van der Waals surface area (Å²) in [5.41, 5.74) is -22.0. The largest absolute Gasteiger partial charge is 0.311 e. The normalized spacial score (nSPS) is 19.7. The molecule has 2 aliphatic rings. The third-order valence-corrected chi connectivity index (χ3v) is 15.4. The summed E-state index contributed by atoms with van der Waals surface area (Å²) in [5.74, 6) is 0. The second-order valence-electron chi connectivity index (χ2n) is 23.3. The van der Waals surface area contributed by atoms with Gasteiger partial charge in [-0.2, -0.15) is 0 Å². The van der Waals surface area contributed by atoms with Crippen molar-refractivity contribution >= 4 is 95.0 Å². The minimum Gasteiger partial charge on any atom is -0.311 e. The quantitative estimate of drug-likeness (QED) is 0.133. The number of rotatable bonds is 9. The predicted molar refractivity (Wildman–Crippen MR) is 356 cm³/mol. The average Bonchev–Trinajstić information content (AvgIpc) is 1.17. The Balaban J connectivity index is 1.48. The molecule has 0 fully saturated rings. The summed E-state index contributed by atoms with van der Waals surface area (Å²) in [6.45, 7) is 14.4. The Morgan fingerprint density at radius 3 is 1.35 bits per heavy atom. The van der Waals surface area contributed by atoms with Crippen molar-refractivity contribution in [2.75, 3.05) is 14.7 Å². The van der Waals surface area contributed by atoms with Gasteiger partial charge in [0.25, 0.3) is 6.71 Å². The molecule has 0 amide bonds. The number of thiophene rings is 1. The number of hydrogen-bond donors (Lipinski definition) is 0. The van der Waals surface area contributed by atoms with E-state index >= 15 is 0 Å². The van der Waals surface area contributed by atoms with Gasteiger partial charge in [0.15, 0.2) is 0 Å². The summed E-state index contributed by atoms with van der Waals surface area (Å²) in [4.78, 5) is 2.04. The van der Waals surface area contributed by atoms with Crippen LogP contribution in [0.2, 0.25) is 0 Å². The molecule has 3 heterocycles. The highest BCUT2D eigenvalue weighted by Crippen LogP contribution is 2.54. The standard InChI is InChI=1S/C77H72BN3S/c1-74(2,3)54-38-42-65(61(45-54)51-27-17-12-18-28-51)80-67-48-57(77(10,11)53-31-21-14-22-32-53)37-41-64(67)78-71-68(80)49-60(79(58-33-23-15-24-34-58)59-35-25-16-26-36-59)50-69(71)81(72-63-47-56(76(7,8)9)40-44-70(63)82-73(72)78)66-43-39-55(75(4,5)6)46-62(66)52-29-19-13-20-30-52/h12-50H,1-11H3/i12D,13D,14D,15D,16D,17D,18D,19D,20D,21D,22D,23D,24D,25D,26D,27D,28D,29D,30D,31D,32D,33D,34D,35D,36D,37D,38D,39D,40D,42D,43D,44D,45D,46D,47D,48D,49D,50D. The van der Waals surface area contributed by atoms with Gasteiger partial charge >= 0.3 is 0 Å². The first-order chi connectivity index (χ1) is 55.2. The highest BCUT2D eigenvalue weighted by molar-refractivity contribution is 7.33. The van der Waals surface area contributed by atoms with Crippen LogP contribution < -0.4 is 30.4 Å². The number of nitrogens with zero attached hydrogens (tertiary/aromatic N) is 3. The molecule has 0 unspecified atom stereocenters. The fourth-order valence-electron chi connectivity index (χ4n) is 9.97. The maximum absolute atomic E-state index is 11.6. The van der Waals surface area contributed by atoms with Crippen LogP contribution in [-0.4, -0.2) is 6.71 Å². The predicted octanol–water partition coefficient (Wildman–Crippen LogP) is 20.0. The molecule has 10 aromatic carbocycles. The molecule has 3 nitrogen and oxygen atoms in total. The zero-order chi connectivity index (χ0) is 89.9. The van der Waals surface area contributed by atoms with E-state index in [1.54, 1.807) is 20.8 Å². The van der Waals surface area contributed by atoms with Gasteiger partial charge in [0.05, 0.1) is 74.8 Å². The Kier molecular flexibility index (Phi) is 6.18. The minimum atomic E-state index is -2.24. The SMILES string of the molecule is [2H]c1cc2c(c([2H])c1C(C)(C)c1c([2H])c([2H])c([2H])c([2H])c1[2H])N(c1c([2H])c([2H])c(C(C)(C)C)c([2H])c1-c1c([2H])c([2H])c([2H])c([2H])c1[2H])c1c([2H])c(N(c3c([2H])c([2H])c([2H])c([2H])c3[2H])c3c([2H])c([2H])c([2H])c([2H])c3[2H])c([2H])c3c1B2c1sc2c([2H])c([2H])c(C(C)(C)C)c([2H])c2c1N3c1c([2H])c([2H])c(C(C)(C)C)c([2H])c1-c1c([2H])c([2H])c([2H])c([2H])c1[2H]. The van der Waals surface area contributed by atoms with E-state index in [4.69, 9.17) is 9.60 Å². The first-order valence-electron chi connectivity index (χ1n) is 45.1. The smallest absolute Gasteiger partial charge is 0.264 e. The summed E-state index contributed by atoms with van der Waals surface area (Å²) in [6, 6.07) is -37.8. The summed E-state index contributed by atoms with van der Waals surface area (Å²) in [7, 11) is 0. The van der Waals surface area contributed by atoms with E-state index in [-0.39, 0.29) is 26.2 Å². The molecule has 0 saturated carbocycles. The van der Waals surface area contributed by atoms with Crippen molar-refractivity contribution in [2.45, 2.75) is 97.8 Å². The molecular weight excluding hydrogens is 1010 g/mol. The number of fused-ring (bicyclic) bond motifs is 6. The van der Waals surface area contributed by atoms with E-state index < -0.39 is 359 Å². The van der Waals surface area contributed by atoms with Crippen LogP contribution in [0.5, 0.6) is 0 Å².